The van der Waals surface area contributed by atoms with Gasteiger partial charge in [-0.1, -0.05) is 26.0 Å². The average molecular weight is 296 g/mol. The first-order valence-corrected chi connectivity index (χ1v) is 8.74. The predicted octanol–water partition coefficient (Wildman–Crippen LogP) is 1.87. The summed E-state index contributed by atoms with van der Waals surface area (Å²) in [5.74, 6) is 0.666. The van der Waals surface area contributed by atoms with E-state index in [-0.39, 0.29) is 0 Å². The largest absolute Gasteiger partial charge is 0.314 e. The Morgan fingerprint density at radius 2 is 1.75 bits per heavy atom. The number of nitrogens with zero attached hydrogens (tertiary/aromatic N) is 1. The van der Waals surface area contributed by atoms with Crippen molar-refractivity contribution in [2.24, 2.45) is 5.92 Å². The van der Waals surface area contributed by atoms with Crippen LogP contribution in [0.1, 0.15) is 25.8 Å². The molecule has 1 heterocycles. The van der Waals surface area contributed by atoms with Crippen LogP contribution in [0.25, 0.3) is 0 Å². The highest BCUT2D eigenvalue weighted by Crippen LogP contribution is 2.18. The molecule has 0 spiro atoms. The van der Waals surface area contributed by atoms with Crippen molar-refractivity contribution in [1.82, 2.24) is 9.62 Å². The highest BCUT2D eigenvalue weighted by Gasteiger charge is 2.25. The zero-order valence-corrected chi connectivity index (χ0v) is 13.1. The van der Waals surface area contributed by atoms with Gasteiger partial charge in [0.15, 0.2) is 0 Å². The van der Waals surface area contributed by atoms with Crippen LogP contribution in [0.2, 0.25) is 0 Å². The Kier molecular flexibility index (Phi) is 5.18. The average Bonchev–Trinajstić information content (AvgIpc) is 2.46. The van der Waals surface area contributed by atoms with E-state index in [4.69, 9.17) is 0 Å². The van der Waals surface area contributed by atoms with Crippen LogP contribution in [-0.2, 0) is 16.4 Å². The van der Waals surface area contributed by atoms with Crippen molar-refractivity contribution in [3.8, 4) is 0 Å². The number of nitrogens with one attached hydrogen (secondary N) is 1. The summed E-state index contributed by atoms with van der Waals surface area (Å²) < 4.78 is 26.5. The van der Waals surface area contributed by atoms with Crippen LogP contribution >= 0.6 is 0 Å². The number of aryl methyl sites for hydroxylation is 1. The monoisotopic (exact) mass is 296 g/mol. The zero-order valence-electron chi connectivity index (χ0n) is 12.3. The molecular weight excluding hydrogens is 272 g/mol. The van der Waals surface area contributed by atoms with E-state index >= 15 is 0 Å². The maximum Gasteiger partial charge on any atom is 0.243 e. The van der Waals surface area contributed by atoms with E-state index in [0.717, 1.165) is 25.9 Å². The van der Waals surface area contributed by atoms with E-state index in [2.05, 4.69) is 19.2 Å². The lowest BCUT2D eigenvalue weighted by Gasteiger charge is -2.26. The Labute approximate surface area is 122 Å². The molecule has 0 radical (unpaired) electrons. The molecule has 1 N–H and O–H groups in total. The maximum atomic E-state index is 12.5. The molecule has 0 unspecified atom stereocenters. The van der Waals surface area contributed by atoms with Crippen LogP contribution in [0, 0.1) is 5.92 Å². The smallest absolute Gasteiger partial charge is 0.243 e. The number of benzene rings is 1. The summed E-state index contributed by atoms with van der Waals surface area (Å²) in [5.41, 5.74) is 1.21. The van der Waals surface area contributed by atoms with Crippen LogP contribution in [0.4, 0.5) is 0 Å². The van der Waals surface area contributed by atoms with Gasteiger partial charge in [-0.2, -0.15) is 4.31 Å². The topological polar surface area (TPSA) is 49.4 Å². The van der Waals surface area contributed by atoms with Gasteiger partial charge >= 0.3 is 0 Å². The van der Waals surface area contributed by atoms with Gasteiger partial charge in [0.2, 0.25) is 10.0 Å². The molecule has 1 aromatic carbocycles. The fourth-order valence-corrected chi connectivity index (χ4v) is 3.76. The number of piperazine rings is 1. The lowest BCUT2D eigenvalue weighted by atomic mass is 10.0. The van der Waals surface area contributed by atoms with Gasteiger partial charge in [0, 0.05) is 26.2 Å². The van der Waals surface area contributed by atoms with Crippen LogP contribution in [0.3, 0.4) is 0 Å². The molecule has 0 amide bonds. The molecule has 0 saturated carbocycles. The molecule has 0 atom stereocenters. The van der Waals surface area contributed by atoms with Gasteiger partial charge in [0.05, 0.1) is 4.90 Å². The van der Waals surface area contributed by atoms with E-state index in [0.29, 0.717) is 23.9 Å². The van der Waals surface area contributed by atoms with Gasteiger partial charge in [-0.05, 0) is 36.5 Å². The van der Waals surface area contributed by atoms with Gasteiger partial charge in [0.1, 0.15) is 0 Å². The fourth-order valence-electron chi connectivity index (χ4n) is 2.32. The van der Waals surface area contributed by atoms with Crippen LogP contribution in [0.15, 0.2) is 29.2 Å². The summed E-state index contributed by atoms with van der Waals surface area (Å²) in [6.45, 7) is 6.96. The third-order valence-corrected chi connectivity index (χ3v) is 5.56. The summed E-state index contributed by atoms with van der Waals surface area (Å²) in [5, 5.41) is 3.17. The molecule has 4 nitrogen and oxygen atoms in total. The summed E-state index contributed by atoms with van der Waals surface area (Å²) in [7, 11) is -3.32. The second-order valence-electron chi connectivity index (χ2n) is 5.73. The SMILES string of the molecule is CC(C)CCc1ccc(S(=O)(=O)N2CCNCC2)cc1. The summed E-state index contributed by atoms with van der Waals surface area (Å²) in [6.07, 6.45) is 2.13. The van der Waals surface area contributed by atoms with Crippen LogP contribution in [-0.4, -0.2) is 38.9 Å². The normalized spacial score (nSPS) is 17.6. The minimum absolute atomic E-state index is 0.410. The number of hydrogen-bond acceptors (Lipinski definition) is 3. The third kappa shape index (κ3) is 3.81. The first kappa shape index (κ1) is 15.5. The number of sulfonamides is 1. The summed E-state index contributed by atoms with van der Waals surface area (Å²) in [6, 6.07) is 7.37. The predicted molar refractivity (Wildman–Crippen MR) is 81.2 cm³/mol. The highest BCUT2D eigenvalue weighted by molar-refractivity contribution is 7.89. The van der Waals surface area contributed by atoms with E-state index in [1.165, 1.54) is 5.56 Å². The minimum atomic E-state index is -3.32. The lowest BCUT2D eigenvalue weighted by Crippen LogP contribution is -2.46. The molecule has 1 saturated heterocycles. The van der Waals surface area contributed by atoms with E-state index in [1.54, 1.807) is 16.4 Å². The van der Waals surface area contributed by atoms with Crippen molar-refractivity contribution >= 4 is 10.0 Å². The Bertz CT molecular complexity index is 517. The van der Waals surface area contributed by atoms with Crippen molar-refractivity contribution in [1.29, 1.82) is 0 Å². The van der Waals surface area contributed by atoms with E-state index < -0.39 is 10.0 Å². The zero-order chi connectivity index (χ0) is 14.6. The Morgan fingerprint density at radius 3 is 2.30 bits per heavy atom. The highest BCUT2D eigenvalue weighted by atomic mass is 32.2. The number of rotatable bonds is 5. The molecule has 112 valence electrons. The molecule has 5 heteroatoms. The fraction of sp³-hybridized carbons (Fsp3) is 0.600. The lowest BCUT2D eigenvalue weighted by molar-refractivity contribution is 0.360. The molecular formula is C15H24N2O2S. The van der Waals surface area contributed by atoms with Crippen LogP contribution < -0.4 is 5.32 Å². The molecule has 1 aliphatic rings. The van der Waals surface area contributed by atoms with Gasteiger partial charge in [0.25, 0.3) is 0 Å². The van der Waals surface area contributed by atoms with Crippen molar-refractivity contribution in [2.75, 3.05) is 26.2 Å². The standard InChI is InChI=1S/C15H24N2O2S/c1-13(2)3-4-14-5-7-15(8-6-14)20(18,19)17-11-9-16-10-12-17/h5-8,13,16H,3-4,9-12H2,1-2H3. The molecule has 1 fully saturated rings. The van der Waals surface area contributed by atoms with E-state index in [9.17, 15) is 8.42 Å². The van der Waals surface area contributed by atoms with Gasteiger partial charge in [-0.3, -0.25) is 0 Å². The first-order valence-electron chi connectivity index (χ1n) is 7.30. The molecule has 0 aliphatic carbocycles. The Hall–Kier alpha value is -0.910. The second kappa shape index (κ2) is 6.70. The first-order chi connectivity index (χ1) is 9.50. The molecule has 1 aliphatic heterocycles. The number of hydrogen-bond donors (Lipinski definition) is 1. The Balaban J connectivity index is 2.08. The molecule has 1 aromatic rings. The maximum absolute atomic E-state index is 12.5. The van der Waals surface area contributed by atoms with Crippen molar-refractivity contribution in [3.63, 3.8) is 0 Å². The summed E-state index contributed by atoms with van der Waals surface area (Å²) >= 11 is 0. The quantitative estimate of drug-likeness (QED) is 0.902. The molecule has 0 bridgehead atoms. The summed E-state index contributed by atoms with van der Waals surface area (Å²) in [4.78, 5) is 0.410. The molecule has 2 rings (SSSR count). The second-order valence-corrected chi connectivity index (χ2v) is 7.67. The van der Waals surface area contributed by atoms with Crippen LogP contribution in [0.5, 0.6) is 0 Å². The van der Waals surface area contributed by atoms with E-state index in [1.807, 2.05) is 12.1 Å². The molecule has 0 aromatic heterocycles. The van der Waals surface area contributed by atoms with Gasteiger partial charge in [-0.15, -0.1) is 0 Å². The third-order valence-electron chi connectivity index (χ3n) is 3.65. The van der Waals surface area contributed by atoms with Gasteiger partial charge < -0.3 is 5.32 Å². The minimum Gasteiger partial charge on any atom is -0.314 e. The van der Waals surface area contributed by atoms with Crippen molar-refractivity contribution in [2.45, 2.75) is 31.6 Å². The Morgan fingerprint density at radius 1 is 1.15 bits per heavy atom. The van der Waals surface area contributed by atoms with Crippen molar-refractivity contribution in [3.05, 3.63) is 29.8 Å². The van der Waals surface area contributed by atoms with Crippen molar-refractivity contribution < 1.29 is 8.42 Å². The molecule has 20 heavy (non-hydrogen) atoms. The van der Waals surface area contributed by atoms with Gasteiger partial charge in [-0.25, -0.2) is 8.42 Å².